The first-order valence-electron chi connectivity index (χ1n) is 1.77. The second kappa shape index (κ2) is 4.51. The average Bonchev–Trinajstić information content (AvgIpc) is 1.65. The zero-order chi connectivity index (χ0) is 5.86. The van der Waals surface area contributed by atoms with E-state index in [0.29, 0.717) is 0 Å². The first-order chi connectivity index (χ1) is 3.18. The number of hydrogen-bond acceptors (Lipinski definition) is 3. The molecule has 0 spiro atoms. The van der Waals surface area contributed by atoms with Crippen molar-refractivity contribution in [3.8, 4) is 0 Å². The van der Waals surface area contributed by atoms with Crippen molar-refractivity contribution in [3.63, 3.8) is 0 Å². The first-order valence-corrected chi connectivity index (χ1v) is 1.77. The second-order valence-corrected chi connectivity index (χ2v) is 1.13. The van der Waals surface area contributed by atoms with Crippen molar-refractivity contribution in [1.82, 2.24) is 0 Å². The third-order valence-corrected chi connectivity index (χ3v) is 0.514. The lowest BCUT2D eigenvalue weighted by atomic mass is 10.3. The molecule has 0 aromatic rings. The predicted molar refractivity (Wildman–Crippen MR) is 26.3 cm³/mol. The normalized spacial score (nSPS) is 11.8. The van der Waals surface area contributed by atoms with Gasteiger partial charge in [-0.05, 0) is 0 Å². The Labute approximate surface area is 46.0 Å². The van der Waals surface area contributed by atoms with Crippen LogP contribution in [0.3, 0.4) is 0 Å². The molecule has 0 rings (SSSR count). The van der Waals surface area contributed by atoms with E-state index in [1.54, 1.807) is 0 Å². The lowest BCUT2D eigenvalue weighted by molar-refractivity contribution is -0.139. The molecule has 0 saturated carbocycles. The van der Waals surface area contributed by atoms with Crippen LogP contribution >= 0.6 is 0 Å². The Kier molecular flexibility index (Phi) is 5.83. The van der Waals surface area contributed by atoms with Gasteiger partial charge in [-0.2, -0.15) is 0 Å². The number of aliphatic carboxylic acids is 1. The molecular weight excluding hydrogens is 114 g/mol. The molecule has 1 atom stereocenters. The molecule has 0 radical (unpaired) electrons. The highest BCUT2D eigenvalue weighted by molar-refractivity contribution is 5.73. The van der Waals surface area contributed by atoms with Gasteiger partial charge in [-0.1, -0.05) is 0 Å². The molecule has 6 N–H and O–H groups in total. The summed E-state index contributed by atoms with van der Waals surface area (Å²) in [5.74, 6) is -1.18. The maximum absolute atomic E-state index is 9.65. The van der Waals surface area contributed by atoms with Gasteiger partial charge in [-0.15, -0.1) is 0 Å². The van der Waals surface area contributed by atoms with Crippen LogP contribution in [0.5, 0.6) is 0 Å². The third-order valence-electron chi connectivity index (χ3n) is 0.514. The lowest BCUT2D eigenvalue weighted by Crippen LogP contribution is -2.33. The van der Waals surface area contributed by atoms with E-state index >= 15 is 0 Å². The minimum Gasteiger partial charge on any atom is -0.480 e. The van der Waals surface area contributed by atoms with Gasteiger partial charge >= 0.3 is 5.97 Å². The Morgan fingerprint density at radius 2 is 2.12 bits per heavy atom. The highest BCUT2D eigenvalue weighted by atomic mass is 16.4. The number of carboxylic acid groups (broad SMARTS) is 1. The van der Waals surface area contributed by atoms with Crippen LogP contribution < -0.4 is 5.73 Å². The quantitative estimate of drug-likeness (QED) is 0.378. The summed E-state index contributed by atoms with van der Waals surface area (Å²) in [7, 11) is 0. The van der Waals surface area contributed by atoms with Crippen LogP contribution in [0.4, 0.5) is 0 Å². The summed E-state index contributed by atoms with van der Waals surface area (Å²) in [5, 5.41) is 15.9. The molecule has 0 saturated heterocycles. The van der Waals surface area contributed by atoms with E-state index in [1.807, 2.05) is 0 Å². The summed E-state index contributed by atoms with van der Waals surface area (Å²) in [5.41, 5.74) is 4.77. The lowest BCUT2D eigenvalue weighted by Gasteiger charge is -1.96. The van der Waals surface area contributed by atoms with Crippen molar-refractivity contribution < 1.29 is 20.5 Å². The summed E-state index contributed by atoms with van der Waals surface area (Å²) in [6.45, 7) is -0.505. The van der Waals surface area contributed by atoms with Gasteiger partial charge in [0, 0.05) is 0 Å². The third kappa shape index (κ3) is 3.54. The van der Waals surface area contributed by atoms with Gasteiger partial charge in [0.05, 0.1) is 6.61 Å². The van der Waals surface area contributed by atoms with E-state index in [0.717, 1.165) is 0 Å². The molecule has 0 aliphatic carbocycles. The molecule has 0 amide bonds. The van der Waals surface area contributed by atoms with Gasteiger partial charge in [-0.3, -0.25) is 4.79 Å². The smallest absolute Gasteiger partial charge is 0.322 e. The molecule has 5 nitrogen and oxygen atoms in total. The van der Waals surface area contributed by atoms with Crippen LogP contribution in [-0.2, 0) is 4.79 Å². The summed E-state index contributed by atoms with van der Waals surface area (Å²) >= 11 is 0. The molecule has 50 valence electrons. The van der Waals surface area contributed by atoms with E-state index in [4.69, 9.17) is 15.9 Å². The van der Waals surface area contributed by atoms with Crippen molar-refractivity contribution in [2.45, 2.75) is 6.04 Å². The van der Waals surface area contributed by atoms with Gasteiger partial charge in [0.25, 0.3) is 0 Å². The molecular formula is C3H9NO4. The number of aliphatic hydroxyl groups is 1. The number of aliphatic hydroxyl groups excluding tert-OH is 1. The van der Waals surface area contributed by atoms with Crippen molar-refractivity contribution in [1.29, 1.82) is 0 Å². The van der Waals surface area contributed by atoms with Gasteiger partial charge in [0.15, 0.2) is 0 Å². The summed E-state index contributed by atoms with van der Waals surface area (Å²) in [4.78, 5) is 9.65. The number of carboxylic acids is 1. The predicted octanol–water partition coefficient (Wildman–Crippen LogP) is -2.43. The van der Waals surface area contributed by atoms with E-state index < -0.39 is 18.6 Å². The van der Waals surface area contributed by atoms with Crippen LogP contribution in [0, 0.1) is 0 Å². The minimum atomic E-state index is -1.18. The molecule has 0 aromatic carbocycles. The van der Waals surface area contributed by atoms with Crippen molar-refractivity contribution >= 4 is 5.97 Å². The fraction of sp³-hybridized carbons (Fsp3) is 0.667. The van der Waals surface area contributed by atoms with E-state index in [2.05, 4.69) is 0 Å². The Bertz CT molecular complexity index is 73.7. The first kappa shape index (κ1) is 10.4. The highest BCUT2D eigenvalue weighted by Gasteiger charge is 2.06. The van der Waals surface area contributed by atoms with Crippen LogP contribution in [0.2, 0.25) is 0 Å². The van der Waals surface area contributed by atoms with Crippen LogP contribution in [-0.4, -0.2) is 34.3 Å². The molecule has 0 aromatic heterocycles. The Hall–Kier alpha value is -0.650. The highest BCUT2D eigenvalue weighted by Crippen LogP contribution is 1.71. The maximum atomic E-state index is 9.65. The van der Waals surface area contributed by atoms with Crippen LogP contribution in [0.1, 0.15) is 0 Å². The standard InChI is InChI=1S/C3H7NO3.H2O/c4-2(1-5)3(6)7;/h2,5H,1,4H2,(H,6,7);1H2/t2-;/m1./s1. The number of nitrogens with two attached hydrogens (primary N) is 1. The Balaban J connectivity index is 0. The molecule has 0 bridgehead atoms. The topological polar surface area (TPSA) is 115 Å². The molecule has 5 heteroatoms. The Morgan fingerprint density at radius 1 is 1.75 bits per heavy atom. The van der Waals surface area contributed by atoms with Crippen molar-refractivity contribution in [3.05, 3.63) is 0 Å². The molecule has 0 fully saturated rings. The van der Waals surface area contributed by atoms with E-state index in [9.17, 15) is 4.79 Å². The van der Waals surface area contributed by atoms with E-state index in [-0.39, 0.29) is 5.48 Å². The summed E-state index contributed by atoms with van der Waals surface area (Å²) in [6.07, 6.45) is 0. The van der Waals surface area contributed by atoms with Gasteiger partial charge < -0.3 is 21.4 Å². The molecule has 0 unspecified atom stereocenters. The van der Waals surface area contributed by atoms with Gasteiger partial charge in [0.1, 0.15) is 6.04 Å². The van der Waals surface area contributed by atoms with Crippen LogP contribution in [0.25, 0.3) is 0 Å². The largest absolute Gasteiger partial charge is 0.480 e. The van der Waals surface area contributed by atoms with Crippen LogP contribution in [0.15, 0.2) is 0 Å². The maximum Gasteiger partial charge on any atom is 0.322 e. The Morgan fingerprint density at radius 3 is 2.12 bits per heavy atom. The minimum absolute atomic E-state index is 0. The average molecular weight is 123 g/mol. The molecule has 0 aliphatic heterocycles. The van der Waals surface area contributed by atoms with Crippen molar-refractivity contribution in [2.24, 2.45) is 5.73 Å². The number of carbonyl (C=O) groups is 1. The molecule has 0 heterocycles. The molecule has 8 heavy (non-hydrogen) atoms. The zero-order valence-corrected chi connectivity index (χ0v) is 4.16. The number of hydrogen-bond donors (Lipinski definition) is 3. The zero-order valence-electron chi connectivity index (χ0n) is 4.16. The molecule has 0 aliphatic rings. The monoisotopic (exact) mass is 123 g/mol. The van der Waals surface area contributed by atoms with Gasteiger partial charge in [-0.25, -0.2) is 0 Å². The van der Waals surface area contributed by atoms with Crippen molar-refractivity contribution in [2.75, 3.05) is 6.61 Å². The van der Waals surface area contributed by atoms with Gasteiger partial charge in [0.2, 0.25) is 0 Å². The van der Waals surface area contributed by atoms with E-state index in [1.165, 1.54) is 0 Å². The summed E-state index contributed by atoms with van der Waals surface area (Å²) in [6, 6.07) is -1.13. The SMILES string of the molecule is N[C@H](CO)C(=O)O.O. The fourth-order valence-electron chi connectivity index (χ4n) is 0.0781. The fourth-order valence-corrected chi connectivity index (χ4v) is 0.0781. The number of rotatable bonds is 2. The summed E-state index contributed by atoms with van der Waals surface area (Å²) < 4.78 is 0. The second-order valence-electron chi connectivity index (χ2n) is 1.13.